The number of nitrogens with one attached hydrogen (secondary N) is 2. The number of nitrogens with zero attached hydrogens (tertiary/aromatic N) is 2. The number of benzene rings is 2. The lowest BCUT2D eigenvalue weighted by Crippen LogP contribution is -2.10. The summed E-state index contributed by atoms with van der Waals surface area (Å²) in [5, 5.41) is 6.59. The van der Waals surface area contributed by atoms with Crippen molar-refractivity contribution in [1.29, 1.82) is 0 Å². The number of ketones is 1. The van der Waals surface area contributed by atoms with Crippen LogP contribution in [-0.4, -0.2) is 15.8 Å². The summed E-state index contributed by atoms with van der Waals surface area (Å²) in [5.74, 6) is 2.06. The molecule has 3 aromatic rings. The van der Waals surface area contributed by atoms with E-state index in [1.807, 2.05) is 31.2 Å². The molecule has 28 heavy (non-hydrogen) atoms. The summed E-state index contributed by atoms with van der Waals surface area (Å²) in [6, 6.07) is 17.6. The molecule has 2 N–H and O–H groups in total. The van der Waals surface area contributed by atoms with Gasteiger partial charge in [-0.2, -0.15) is 0 Å². The molecule has 0 spiro atoms. The Balaban J connectivity index is 1.80. The highest BCUT2D eigenvalue weighted by Crippen LogP contribution is 2.25. The minimum Gasteiger partial charge on any atom is -0.340 e. The van der Waals surface area contributed by atoms with Crippen molar-refractivity contribution in [2.45, 2.75) is 40.0 Å². The first-order chi connectivity index (χ1) is 13.2. The van der Waals surface area contributed by atoms with E-state index >= 15 is 0 Å². The Morgan fingerprint density at radius 2 is 1.46 bits per heavy atom. The third-order valence-corrected chi connectivity index (χ3v) is 4.40. The SMILES string of the molecule is CC(=O)c1cccc(Nc2cc(Nc3ccc(C(C)(C)C)cc3)nc(C)n2)c1. The molecule has 0 amide bonds. The molecule has 144 valence electrons. The molecule has 3 rings (SSSR count). The molecule has 5 heteroatoms. The number of Topliss-reactive ketones (excluding diaryl/α,β-unsaturated/α-hetero) is 1. The van der Waals surface area contributed by atoms with E-state index in [4.69, 9.17) is 0 Å². The highest BCUT2D eigenvalue weighted by molar-refractivity contribution is 5.95. The molecule has 2 aromatic carbocycles. The van der Waals surface area contributed by atoms with Crippen molar-refractivity contribution in [2.75, 3.05) is 10.6 Å². The zero-order chi connectivity index (χ0) is 20.3. The molecule has 0 radical (unpaired) electrons. The molecular weight excluding hydrogens is 348 g/mol. The fraction of sp³-hybridized carbons (Fsp3) is 0.261. The van der Waals surface area contributed by atoms with Gasteiger partial charge in [0.15, 0.2) is 5.78 Å². The lowest BCUT2D eigenvalue weighted by Gasteiger charge is -2.19. The van der Waals surface area contributed by atoms with Crippen molar-refractivity contribution in [2.24, 2.45) is 0 Å². The fourth-order valence-electron chi connectivity index (χ4n) is 2.86. The molecule has 0 aliphatic rings. The van der Waals surface area contributed by atoms with Gasteiger partial charge in [-0.25, -0.2) is 9.97 Å². The average Bonchev–Trinajstić information content (AvgIpc) is 2.61. The van der Waals surface area contributed by atoms with Crippen LogP contribution in [0.25, 0.3) is 0 Å². The van der Waals surface area contributed by atoms with Gasteiger partial charge in [-0.3, -0.25) is 4.79 Å². The lowest BCUT2D eigenvalue weighted by atomic mass is 9.87. The van der Waals surface area contributed by atoms with Crippen LogP contribution in [0.2, 0.25) is 0 Å². The quantitative estimate of drug-likeness (QED) is 0.555. The van der Waals surface area contributed by atoms with Gasteiger partial charge >= 0.3 is 0 Å². The third kappa shape index (κ3) is 4.94. The number of hydrogen-bond donors (Lipinski definition) is 2. The molecule has 0 fully saturated rings. The van der Waals surface area contributed by atoms with Crippen molar-refractivity contribution in [1.82, 2.24) is 9.97 Å². The van der Waals surface area contributed by atoms with E-state index in [-0.39, 0.29) is 11.2 Å². The maximum atomic E-state index is 11.6. The van der Waals surface area contributed by atoms with Gasteiger partial charge in [0.05, 0.1) is 0 Å². The van der Waals surface area contributed by atoms with Crippen LogP contribution in [0.3, 0.4) is 0 Å². The summed E-state index contributed by atoms with van der Waals surface area (Å²) in [6.07, 6.45) is 0. The van der Waals surface area contributed by atoms with E-state index in [9.17, 15) is 4.79 Å². The van der Waals surface area contributed by atoms with Gasteiger partial charge in [0.25, 0.3) is 0 Å². The largest absolute Gasteiger partial charge is 0.340 e. The second kappa shape index (κ2) is 7.80. The Kier molecular flexibility index (Phi) is 5.45. The molecule has 0 atom stereocenters. The zero-order valence-corrected chi connectivity index (χ0v) is 17.0. The topological polar surface area (TPSA) is 66.9 Å². The van der Waals surface area contributed by atoms with Gasteiger partial charge in [0.1, 0.15) is 17.5 Å². The Bertz CT molecular complexity index is 988. The molecular formula is C23H26N4O. The van der Waals surface area contributed by atoms with Crippen molar-refractivity contribution in [3.63, 3.8) is 0 Å². The number of rotatable bonds is 5. The van der Waals surface area contributed by atoms with Crippen LogP contribution in [0, 0.1) is 6.92 Å². The van der Waals surface area contributed by atoms with Crippen LogP contribution >= 0.6 is 0 Å². The summed E-state index contributed by atoms with van der Waals surface area (Å²) < 4.78 is 0. The summed E-state index contributed by atoms with van der Waals surface area (Å²) >= 11 is 0. The summed E-state index contributed by atoms with van der Waals surface area (Å²) in [6.45, 7) is 10.00. The van der Waals surface area contributed by atoms with Gasteiger partial charge in [0.2, 0.25) is 0 Å². The molecule has 0 aliphatic heterocycles. The van der Waals surface area contributed by atoms with Crippen molar-refractivity contribution < 1.29 is 4.79 Å². The maximum absolute atomic E-state index is 11.6. The predicted molar refractivity (Wildman–Crippen MR) is 115 cm³/mol. The van der Waals surface area contributed by atoms with Gasteiger partial charge in [-0.1, -0.05) is 45.0 Å². The van der Waals surface area contributed by atoms with Crippen LogP contribution in [0.1, 0.15) is 49.4 Å². The summed E-state index contributed by atoms with van der Waals surface area (Å²) in [7, 11) is 0. The smallest absolute Gasteiger partial charge is 0.159 e. The van der Waals surface area contributed by atoms with Crippen LogP contribution < -0.4 is 10.6 Å². The Morgan fingerprint density at radius 3 is 2.04 bits per heavy atom. The molecule has 0 aliphatic carbocycles. The first-order valence-electron chi connectivity index (χ1n) is 9.32. The summed E-state index contributed by atoms with van der Waals surface area (Å²) in [5.41, 5.74) is 3.84. The van der Waals surface area contributed by atoms with Gasteiger partial charge in [-0.05, 0) is 49.1 Å². The molecule has 0 unspecified atom stereocenters. The number of hydrogen-bond acceptors (Lipinski definition) is 5. The minimum atomic E-state index is 0.0311. The second-order valence-corrected chi connectivity index (χ2v) is 7.90. The molecule has 0 bridgehead atoms. The van der Waals surface area contributed by atoms with Crippen molar-refractivity contribution >= 4 is 28.8 Å². The molecule has 5 nitrogen and oxygen atoms in total. The van der Waals surface area contributed by atoms with E-state index in [0.29, 0.717) is 23.0 Å². The normalized spacial score (nSPS) is 11.2. The second-order valence-electron chi connectivity index (χ2n) is 7.90. The first kappa shape index (κ1) is 19.5. The van der Waals surface area contributed by atoms with Crippen LogP contribution in [0.15, 0.2) is 54.6 Å². The highest BCUT2D eigenvalue weighted by Gasteiger charge is 2.13. The molecule has 0 saturated heterocycles. The predicted octanol–water partition coefficient (Wildman–Crippen LogP) is 5.77. The van der Waals surface area contributed by atoms with E-state index in [1.165, 1.54) is 5.56 Å². The molecule has 1 heterocycles. The number of aryl methyl sites for hydroxylation is 1. The highest BCUT2D eigenvalue weighted by atomic mass is 16.1. The Labute approximate surface area is 166 Å². The molecule has 0 saturated carbocycles. The van der Waals surface area contributed by atoms with E-state index in [0.717, 1.165) is 11.4 Å². The number of aromatic nitrogens is 2. The van der Waals surface area contributed by atoms with Crippen LogP contribution in [0.5, 0.6) is 0 Å². The van der Waals surface area contributed by atoms with Gasteiger partial charge in [0, 0.05) is 23.0 Å². The van der Waals surface area contributed by atoms with E-state index < -0.39 is 0 Å². The maximum Gasteiger partial charge on any atom is 0.159 e. The minimum absolute atomic E-state index is 0.0311. The third-order valence-electron chi connectivity index (χ3n) is 4.40. The number of anilines is 4. The monoisotopic (exact) mass is 374 g/mol. The van der Waals surface area contributed by atoms with Gasteiger partial charge in [-0.15, -0.1) is 0 Å². The zero-order valence-electron chi connectivity index (χ0n) is 17.0. The first-order valence-corrected chi connectivity index (χ1v) is 9.32. The van der Waals surface area contributed by atoms with E-state index in [1.54, 1.807) is 13.0 Å². The molecule has 1 aromatic heterocycles. The standard InChI is InChI=1S/C23H26N4O/c1-15(28)17-7-6-8-20(13-17)27-22-14-21(24-16(2)25-22)26-19-11-9-18(10-12-19)23(3,4)5/h6-14H,1-5H3,(H2,24,25,26,27). The fourth-order valence-corrected chi connectivity index (χ4v) is 2.86. The lowest BCUT2D eigenvalue weighted by molar-refractivity contribution is 0.101. The van der Waals surface area contributed by atoms with E-state index in [2.05, 4.69) is 65.6 Å². The summed E-state index contributed by atoms with van der Waals surface area (Å²) in [4.78, 5) is 20.5. The van der Waals surface area contributed by atoms with Crippen LogP contribution in [-0.2, 0) is 5.41 Å². The number of carbonyl (C=O) groups excluding carboxylic acids is 1. The Hall–Kier alpha value is -3.21. The Morgan fingerprint density at radius 1 is 0.857 bits per heavy atom. The van der Waals surface area contributed by atoms with Gasteiger partial charge < -0.3 is 10.6 Å². The number of carbonyl (C=O) groups is 1. The van der Waals surface area contributed by atoms with Crippen molar-refractivity contribution in [3.8, 4) is 0 Å². The van der Waals surface area contributed by atoms with Crippen molar-refractivity contribution in [3.05, 3.63) is 71.5 Å². The van der Waals surface area contributed by atoms with Crippen LogP contribution in [0.4, 0.5) is 23.0 Å². The average molecular weight is 374 g/mol.